The molecule has 1 unspecified atom stereocenters. The number of aryl methyl sites for hydroxylation is 1. The van der Waals surface area contributed by atoms with Gasteiger partial charge in [0.05, 0.1) is 17.6 Å². The number of hydrogen-bond acceptors (Lipinski definition) is 6. The first-order valence-corrected chi connectivity index (χ1v) is 6.64. The van der Waals surface area contributed by atoms with Crippen molar-refractivity contribution in [3.63, 3.8) is 0 Å². The Morgan fingerprint density at radius 3 is 3.15 bits per heavy atom. The molecule has 0 radical (unpaired) electrons. The zero-order valence-corrected chi connectivity index (χ0v) is 11.7. The molecule has 1 aromatic heterocycles. The zero-order chi connectivity index (χ0) is 14.5. The predicted molar refractivity (Wildman–Crippen MR) is 73.0 cm³/mol. The molecule has 0 aromatic carbocycles. The van der Waals surface area contributed by atoms with E-state index >= 15 is 0 Å². The molecule has 20 heavy (non-hydrogen) atoms. The van der Waals surface area contributed by atoms with Crippen LogP contribution in [-0.4, -0.2) is 53.8 Å². The van der Waals surface area contributed by atoms with Gasteiger partial charge in [-0.2, -0.15) is 0 Å². The van der Waals surface area contributed by atoms with Crippen molar-refractivity contribution in [2.24, 2.45) is 0 Å². The van der Waals surface area contributed by atoms with Gasteiger partial charge < -0.3 is 9.47 Å². The Balaban J connectivity index is 1.89. The minimum atomic E-state index is -0.466. The van der Waals surface area contributed by atoms with Crippen molar-refractivity contribution < 1.29 is 14.4 Å². The summed E-state index contributed by atoms with van der Waals surface area (Å²) >= 11 is 0. The average molecular weight is 281 g/mol. The van der Waals surface area contributed by atoms with Crippen LogP contribution < -0.4 is 4.74 Å². The number of rotatable bonds is 5. The molecule has 0 N–H and O–H groups in total. The van der Waals surface area contributed by atoms with Crippen molar-refractivity contribution in [3.8, 4) is 5.88 Å². The minimum Gasteiger partial charge on any atom is -0.471 e. The van der Waals surface area contributed by atoms with Crippen molar-refractivity contribution in [1.29, 1.82) is 0 Å². The van der Waals surface area contributed by atoms with E-state index in [1.54, 1.807) is 13.1 Å². The largest absolute Gasteiger partial charge is 0.471 e. The highest BCUT2D eigenvalue weighted by Crippen LogP contribution is 2.24. The highest BCUT2D eigenvalue weighted by Gasteiger charge is 2.19. The first-order valence-electron chi connectivity index (χ1n) is 6.64. The fourth-order valence-corrected chi connectivity index (χ4v) is 2.15. The van der Waals surface area contributed by atoms with Crippen molar-refractivity contribution in [1.82, 2.24) is 9.88 Å². The lowest BCUT2D eigenvalue weighted by Crippen LogP contribution is -2.42. The van der Waals surface area contributed by atoms with Crippen LogP contribution in [0.25, 0.3) is 0 Å². The molecule has 1 aliphatic rings. The molecule has 1 saturated heterocycles. The number of nitro groups is 1. The molecular formula is C13H19N3O4. The van der Waals surface area contributed by atoms with Gasteiger partial charge in [-0.15, -0.1) is 0 Å². The lowest BCUT2D eigenvalue weighted by Gasteiger charge is -2.30. The molecule has 0 saturated carbocycles. The molecule has 2 rings (SSSR count). The van der Waals surface area contributed by atoms with Crippen LogP contribution >= 0.6 is 0 Å². The highest BCUT2D eigenvalue weighted by molar-refractivity contribution is 5.42. The van der Waals surface area contributed by atoms with Gasteiger partial charge in [-0.1, -0.05) is 0 Å². The first-order chi connectivity index (χ1) is 9.56. The molecule has 7 nitrogen and oxygen atoms in total. The zero-order valence-electron chi connectivity index (χ0n) is 11.7. The topological polar surface area (TPSA) is 77.7 Å². The summed E-state index contributed by atoms with van der Waals surface area (Å²) in [5, 5.41) is 10.9. The number of nitrogens with zero attached hydrogens (tertiary/aromatic N) is 3. The Kier molecular flexibility index (Phi) is 4.86. The van der Waals surface area contributed by atoms with Crippen LogP contribution in [0.2, 0.25) is 0 Å². The SMILES string of the molecule is Cc1cnc(OCCN2CCOC(C)C2)c([N+](=O)[O-])c1. The maximum atomic E-state index is 10.9. The van der Waals surface area contributed by atoms with Crippen LogP contribution in [0.15, 0.2) is 12.3 Å². The summed E-state index contributed by atoms with van der Waals surface area (Å²) in [5.74, 6) is 0.0851. The summed E-state index contributed by atoms with van der Waals surface area (Å²) in [5.41, 5.74) is 0.659. The van der Waals surface area contributed by atoms with Gasteiger partial charge in [0, 0.05) is 31.9 Å². The first kappa shape index (κ1) is 14.7. The van der Waals surface area contributed by atoms with Crippen molar-refractivity contribution in [3.05, 3.63) is 27.9 Å². The van der Waals surface area contributed by atoms with E-state index in [2.05, 4.69) is 9.88 Å². The van der Waals surface area contributed by atoms with Crippen LogP contribution in [0.4, 0.5) is 5.69 Å². The summed E-state index contributed by atoms with van der Waals surface area (Å²) in [6.45, 7) is 7.30. The molecule has 0 amide bonds. The third-order valence-electron chi connectivity index (χ3n) is 3.14. The van der Waals surface area contributed by atoms with E-state index < -0.39 is 4.92 Å². The molecule has 0 bridgehead atoms. The van der Waals surface area contributed by atoms with Gasteiger partial charge in [0.25, 0.3) is 5.88 Å². The van der Waals surface area contributed by atoms with Gasteiger partial charge in [-0.3, -0.25) is 15.0 Å². The lowest BCUT2D eigenvalue weighted by atomic mass is 10.3. The van der Waals surface area contributed by atoms with Gasteiger partial charge in [-0.25, -0.2) is 4.98 Å². The Hall–Kier alpha value is -1.73. The molecule has 1 aromatic rings. The molecule has 110 valence electrons. The summed E-state index contributed by atoms with van der Waals surface area (Å²) in [6.07, 6.45) is 1.79. The van der Waals surface area contributed by atoms with E-state index in [-0.39, 0.29) is 17.7 Å². The molecular weight excluding hydrogens is 262 g/mol. The summed E-state index contributed by atoms with van der Waals surface area (Å²) < 4.78 is 10.9. The molecule has 1 aliphatic heterocycles. The van der Waals surface area contributed by atoms with E-state index in [1.165, 1.54) is 6.07 Å². The normalized spacial score (nSPS) is 19.8. The maximum Gasteiger partial charge on any atom is 0.331 e. The number of aromatic nitrogens is 1. The number of ether oxygens (including phenoxy) is 2. The monoisotopic (exact) mass is 281 g/mol. The Morgan fingerprint density at radius 1 is 1.65 bits per heavy atom. The quantitative estimate of drug-likeness (QED) is 0.599. The Bertz CT molecular complexity index is 481. The third-order valence-corrected chi connectivity index (χ3v) is 3.14. The van der Waals surface area contributed by atoms with Crippen LogP contribution in [0.3, 0.4) is 0 Å². The molecule has 0 spiro atoms. The summed E-state index contributed by atoms with van der Waals surface area (Å²) in [7, 11) is 0. The summed E-state index contributed by atoms with van der Waals surface area (Å²) in [6, 6.07) is 1.47. The second-order valence-electron chi connectivity index (χ2n) is 4.92. The van der Waals surface area contributed by atoms with Gasteiger partial charge in [-0.05, 0) is 19.4 Å². The number of pyridine rings is 1. The summed E-state index contributed by atoms with van der Waals surface area (Å²) in [4.78, 5) is 16.7. The van der Waals surface area contributed by atoms with Crippen LogP contribution in [0, 0.1) is 17.0 Å². The van der Waals surface area contributed by atoms with Gasteiger partial charge in [0.2, 0.25) is 0 Å². The van der Waals surface area contributed by atoms with E-state index in [4.69, 9.17) is 9.47 Å². The smallest absolute Gasteiger partial charge is 0.331 e. The third kappa shape index (κ3) is 3.88. The average Bonchev–Trinajstić information content (AvgIpc) is 2.40. The van der Waals surface area contributed by atoms with Gasteiger partial charge in [0.1, 0.15) is 6.61 Å². The van der Waals surface area contributed by atoms with Crippen LogP contribution in [0.5, 0.6) is 5.88 Å². The fourth-order valence-electron chi connectivity index (χ4n) is 2.15. The minimum absolute atomic E-state index is 0.0830. The van der Waals surface area contributed by atoms with Crippen molar-refractivity contribution in [2.45, 2.75) is 20.0 Å². The van der Waals surface area contributed by atoms with E-state index in [0.717, 1.165) is 18.7 Å². The highest BCUT2D eigenvalue weighted by atomic mass is 16.6. The molecule has 1 fully saturated rings. The van der Waals surface area contributed by atoms with Crippen LogP contribution in [0.1, 0.15) is 12.5 Å². The maximum absolute atomic E-state index is 10.9. The van der Waals surface area contributed by atoms with E-state index in [0.29, 0.717) is 19.8 Å². The fraction of sp³-hybridized carbons (Fsp3) is 0.615. The van der Waals surface area contributed by atoms with Crippen molar-refractivity contribution >= 4 is 5.69 Å². The second-order valence-corrected chi connectivity index (χ2v) is 4.92. The van der Waals surface area contributed by atoms with Gasteiger partial charge >= 0.3 is 5.69 Å². The second kappa shape index (κ2) is 6.62. The van der Waals surface area contributed by atoms with Crippen molar-refractivity contribution in [2.75, 3.05) is 32.8 Å². The standard InChI is InChI=1S/C13H19N3O4/c1-10-7-12(16(17)18)13(14-8-10)20-6-4-15-3-5-19-11(2)9-15/h7-8,11H,3-6,9H2,1-2H3. The molecule has 7 heteroatoms. The lowest BCUT2D eigenvalue weighted by molar-refractivity contribution is -0.386. The molecule has 0 aliphatic carbocycles. The predicted octanol–water partition coefficient (Wildman–Crippen LogP) is 1.40. The Morgan fingerprint density at radius 2 is 2.45 bits per heavy atom. The van der Waals surface area contributed by atoms with E-state index in [1.807, 2.05) is 6.92 Å². The van der Waals surface area contributed by atoms with E-state index in [9.17, 15) is 10.1 Å². The molecule has 2 heterocycles. The number of morpholine rings is 1. The Labute approximate surface area is 117 Å². The van der Waals surface area contributed by atoms with Gasteiger partial charge in [0.15, 0.2) is 0 Å². The molecule has 1 atom stereocenters. The van der Waals surface area contributed by atoms with Crippen LogP contribution in [-0.2, 0) is 4.74 Å². The number of hydrogen-bond donors (Lipinski definition) is 0.